The van der Waals surface area contributed by atoms with Crippen LogP contribution in [0.15, 0.2) is 78.9 Å². The lowest BCUT2D eigenvalue weighted by Crippen LogP contribution is -2.40. The molecule has 9 nitrogen and oxygen atoms in total. The SMILES string of the molecule is COC(=O)c1ccc(OCCOc2ccc(/C=C\CCCOc3ccccc3)cc2)c(C(=O)NC2CCCC(C(=O)OC)C2)c1. The highest BCUT2D eigenvalue weighted by Crippen LogP contribution is 2.27. The summed E-state index contributed by atoms with van der Waals surface area (Å²) < 4.78 is 27.2. The van der Waals surface area contributed by atoms with Gasteiger partial charge in [-0.3, -0.25) is 9.59 Å². The van der Waals surface area contributed by atoms with Crippen molar-refractivity contribution in [2.24, 2.45) is 5.92 Å². The zero-order chi connectivity index (χ0) is 31.9. The second kappa shape index (κ2) is 17.5. The molecular weight excluding hydrogens is 574 g/mol. The highest BCUT2D eigenvalue weighted by atomic mass is 16.5. The first-order chi connectivity index (χ1) is 22.0. The number of esters is 2. The van der Waals surface area contributed by atoms with Gasteiger partial charge in [-0.15, -0.1) is 0 Å². The van der Waals surface area contributed by atoms with Crippen LogP contribution in [0.5, 0.6) is 17.2 Å². The number of hydrogen-bond acceptors (Lipinski definition) is 8. The summed E-state index contributed by atoms with van der Waals surface area (Å²) in [7, 11) is 2.65. The van der Waals surface area contributed by atoms with Gasteiger partial charge < -0.3 is 29.0 Å². The molecule has 1 amide bonds. The molecule has 3 aromatic rings. The number of nitrogens with one attached hydrogen (secondary N) is 1. The fourth-order valence-electron chi connectivity index (χ4n) is 5.16. The number of carbonyl (C=O) groups excluding carboxylic acids is 3. The number of ether oxygens (including phenoxy) is 5. The first-order valence-corrected chi connectivity index (χ1v) is 15.3. The molecule has 1 fully saturated rings. The molecule has 45 heavy (non-hydrogen) atoms. The quantitative estimate of drug-likeness (QED) is 0.158. The zero-order valence-corrected chi connectivity index (χ0v) is 25.9. The predicted octanol–water partition coefficient (Wildman–Crippen LogP) is 6.27. The van der Waals surface area contributed by atoms with Gasteiger partial charge >= 0.3 is 11.9 Å². The minimum absolute atomic E-state index is 0.179. The maximum absolute atomic E-state index is 13.3. The van der Waals surface area contributed by atoms with Gasteiger partial charge in [0.05, 0.1) is 37.9 Å². The predicted molar refractivity (Wildman–Crippen MR) is 171 cm³/mol. The lowest BCUT2D eigenvalue weighted by Gasteiger charge is -2.28. The van der Waals surface area contributed by atoms with E-state index in [0.29, 0.717) is 24.5 Å². The van der Waals surface area contributed by atoms with Crippen molar-refractivity contribution in [2.45, 2.75) is 44.6 Å². The average Bonchev–Trinajstić information content (AvgIpc) is 3.08. The van der Waals surface area contributed by atoms with Gasteiger partial charge in [0.1, 0.15) is 30.5 Å². The number of para-hydroxylation sites is 1. The smallest absolute Gasteiger partial charge is 0.337 e. The second-order valence-electron chi connectivity index (χ2n) is 10.7. The molecule has 1 saturated carbocycles. The molecule has 0 aromatic heterocycles. The molecule has 0 aliphatic heterocycles. The molecule has 1 N–H and O–H groups in total. The molecule has 0 bridgehead atoms. The van der Waals surface area contributed by atoms with Crippen LogP contribution in [0.25, 0.3) is 6.08 Å². The number of benzene rings is 3. The van der Waals surface area contributed by atoms with Gasteiger partial charge in [0.25, 0.3) is 5.91 Å². The Morgan fingerprint density at radius 2 is 1.56 bits per heavy atom. The van der Waals surface area contributed by atoms with Gasteiger partial charge in [0, 0.05) is 6.04 Å². The second-order valence-corrected chi connectivity index (χ2v) is 10.7. The van der Waals surface area contributed by atoms with Crippen molar-refractivity contribution in [3.8, 4) is 17.2 Å². The Bertz CT molecular complexity index is 1420. The largest absolute Gasteiger partial charge is 0.494 e. The van der Waals surface area contributed by atoms with Gasteiger partial charge in [0.2, 0.25) is 0 Å². The Morgan fingerprint density at radius 1 is 0.822 bits per heavy atom. The highest BCUT2D eigenvalue weighted by molar-refractivity contribution is 6.00. The monoisotopic (exact) mass is 615 g/mol. The fourth-order valence-corrected chi connectivity index (χ4v) is 5.16. The number of methoxy groups -OCH3 is 2. The standard InChI is InChI=1S/C36H41NO8/c1-41-35(39)27-11-9-12-29(24-27)37-34(38)32-25-28(36(40)42-2)17-20-33(32)45-23-22-44-31-18-15-26(16-19-31)10-5-4-8-21-43-30-13-6-3-7-14-30/h3,5-7,10,13-20,25,27,29H,4,8-9,11-12,21-24H2,1-2H3,(H,37,38)/b10-5-. The molecule has 0 heterocycles. The minimum Gasteiger partial charge on any atom is -0.494 e. The molecule has 9 heteroatoms. The Morgan fingerprint density at radius 3 is 2.31 bits per heavy atom. The van der Waals surface area contributed by atoms with Gasteiger partial charge in [-0.2, -0.15) is 0 Å². The fraction of sp³-hybridized carbons (Fsp3) is 0.361. The number of allylic oxidation sites excluding steroid dienone is 1. The summed E-state index contributed by atoms with van der Waals surface area (Å²) in [5.74, 6) is 0.437. The summed E-state index contributed by atoms with van der Waals surface area (Å²) in [6.45, 7) is 1.10. The number of carbonyl (C=O) groups is 3. The molecule has 238 valence electrons. The van der Waals surface area contributed by atoms with Crippen LogP contribution in [-0.2, 0) is 14.3 Å². The molecule has 0 spiro atoms. The van der Waals surface area contributed by atoms with Gasteiger partial charge in [-0.05, 0) is 80.1 Å². The molecule has 1 aliphatic carbocycles. The number of rotatable bonds is 15. The minimum atomic E-state index is -0.558. The summed E-state index contributed by atoms with van der Waals surface area (Å²) in [6, 6.07) is 21.9. The summed E-state index contributed by atoms with van der Waals surface area (Å²) in [4.78, 5) is 37.5. The van der Waals surface area contributed by atoms with E-state index in [1.165, 1.54) is 20.3 Å². The van der Waals surface area contributed by atoms with Crippen LogP contribution in [0.4, 0.5) is 0 Å². The Hall–Kier alpha value is -4.79. The normalized spacial score (nSPS) is 16.0. The van der Waals surface area contributed by atoms with Crippen LogP contribution < -0.4 is 19.5 Å². The lowest BCUT2D eigenvalue weighted by atomic mass is 9.85. The molecule has 0 radical (unpaired) electrons. The van der Waals surface area contributed by atoms with E-state index < -0.39 is 5.97 Å². The summed E-state index contributed by atoms with van der Waals surface area (Å²) in [5.41, 5.74) is 1.51. The van der Waals surface area contributed by atoms with Crippen LogP contribution in [-0.4, -0.2) is 57.9 Å². The third-order valence-corrected chi connectivity index (χ3v) is 7.52. The van der Waals surface area contributed by atoms with E-state index in [0.717, 1.165) is 43.4 Å². The lowest BCUT2D eigenvalue weighted by molar-refractivity contribution is -0.146. The average molecular weight is 616 g/mol. The van der Waals surface area contributed by atoms with Crippen molar-refractivity contribution >= 4 is 23.9 Å². The molecule has 4 rings (SSSR count). The van der Waals surface area contributed by atoms with E-state index >= 15 is 0 Å². The zero-order valence-electron chi connectivity index (χ0n) is 25.9. The molecule has 1 aliphatic rings. The molecule has 2 unspecified atom stereocenters. The third kappa shape index (κ3) is 10.4. The Kier molecular flexibility index (Phi) is 12.9. The van der Waals surface area contributed by atoms with Crippen LogP contribution in [0.3, 0.4) is 0 Å². The van der Waals surface area contributed by atoms with Crippen molar-refractivity contribution in [3.05, 3.63) is 95.6 Å². The topological polar surface area (TPSA) is 109 Å². The highest BCUT2D eigenvalue weighted by Gasteiger charge is 2.29. The van der Waals surface area contributed by atoms with Crippen LogP contribution in [0.2, 0.25) is 0 Å². The van der Waals surface area contributed by atoms with E-state index in [1.807, 2.05) is 54.6 Å². The number of hydrogen-bond donors (Lipinski definition) is 1. The van der Waals surface area contributed by atoms with Gasteiger partial charge in [-0.25, -0.2) is 4.79 Å². The van der Waals surface area contributed by atoms with Crippen molar-refractivity contribution in [2.75, 3.05) is 34.0 Å². The van der Waals surface area contributed by atoms with E-state index in [9.17, 15) is 14.4 Å². The van der Waals surface area contributed by atoms with Crippen LogP contribution in [0, 0.1) is 5.92 Å². The van der Waals surface area contributed by atoms with E-state index in [4.69, 9.17) is 23.7 Å². The van der Waals surface area contributed by atoms with Crippen molar-refractivity contribution in [1.29, 1.82) is 0 Å². The van der Waals surface area contributed by atoms with Gasteiger partial charge in [-0.1, -0.05) is 48.9 Å². The maximum Gasteiger partial charge on any atom is 0.337 e. The summed E-state index contributed by atoms with van der Waals surface area (Å²) in [6.07, 6.45) is 8.82. The van der Waals surface area contributed by atoms with Crippen LogP contribution >= 0.6 is 0 Å². The van der Waals surface area contributed by atoms with Crippen molar-refractivity contribution in [1.82, 2.24) is 5.32 Å². The summed E-state index contributed by atoms with van der Waals surface area (Å²) in [5, 5.41) is 3.00. The number of amides is 1. The van der Waals surface area contributed by atoms with Crippen LogP contribution in [0.1, 0.15) is 64.8 Å². The summed E-state index contributed by atoms with van der Waals surface area (Å²) >= 11 is 0. The number of unbranched alkanes of at least 4 members (excludes halogenated alkanes) is 1. The molecular formula is C36H41NO8. The first kappa shape index (κ1) is 33.1. The van der Waals surface area contributed by atoms with E-state index in [1.54, 1.807) is 12.1 Å². The maximum atomic E-state index is 13.3. The third-order valence-electron chi connectivity index (χ3n) is 7.52. The Balaban J connectivity index is 1.25. The van der Waals surface area contributed by atoms with E-state index in [2.05, 4.69) is 17.5 Å². The molecule has 3 aromatic carbocycles. The molecule has 0 saturated heterocycles. The Labute approximate surface area is 264 Å². The van der Waals surface area contributed by atoms with Gasteiger partial charge in [0.15, 0.2) is 0 Å². The first-order valence-electron chi connectivity index (χ1n) is 15.3. The molecule has 2 atom stereocenters. The van der Waals surface area contributed by atoms with E-state index in [-0.39, 0.29) is 48.2 Å². The van der Waals surface area contributed by atoms with Crippen molar-refractivity contribution < 1.29 is 38.1 Å². The van der Waals surface area contributed by atoms with Crippen molar-refractivity contribution in [3.63, 3.8) is 0 Å².